The normalized spacial score (nSPS) is 11.3. The molecule has 0 heterocycles. The van der Waals surface area contributed by atoms with Crippen molar-refractivity contribution in [2.24, 2.45) is 0 Å². The maximum atomic E-state index is 9.88. The fourth-order valence-electron chi connectivity index (χ4n) is 6.87. The van der Waals surface area contributed by atoms with Crippen LogP contribution in [0, 0.1) is 0 Å². The maximum Gasteiger partial charge on any atom is 0.123 e. The van der Waals surface area contributed by atoms with Crippen LogP contribution in [0.2, 0.25) is 0 Å². The van der Waals surface area contributed by atoms with E-state index < -0.39 is 0 Å². The molecule has 4 aromatic carbocycles. The van der Waals surface area contributed by atoms with Gasteiger partial charge in [-0.15, -0.1) is 0 Å². The highest BCUT2D eigenvalue weighted by atomic mass is 16.6. The topological polar surface area (TPSA) is 216 Å². The minimum absolute atomic E-state index is 0.112. The lowest BCUT2D eigenvalue weighted by molar-refractivity contribution is 0.0174. The van der Waals surface area contributed by atoms with Gasteiger partial charge in [0.1, 0.15) is 86.5 Å². The number of hydrogen-bond donors (Lipinski definition) is 2. The van der Waals surface area contributed by atoms with Gasteiger partial charge in [0.2, 0.25) is 0 Å². The molecule has 0 saturated carbocycles. The Hall–Kier alpha value is -5.08. The monoisotopic (exact) mass is 1100 g/mol. The van der Waals surface area contributed by atoms with E-state index in [2.05, 4.69) is 0 Å². The average Bonchev–Trinajstić information content (AvgIpc) is 3.46. The summed E-state index contributed by atoms with van der Waals surface area (Å²) in [5.41, 5.74) is 3.50. The van der Waals surface area contributed by atoms with Gasteiger partial charge < -0.3 is 100 Å². The van der Waals surface area contributed by atoms with Gasteiger partial charge in [0, 0.05) is 46.6 Å². The summed E-state index contributed by atoms with van der Waals surface area (Å²) in [7, 11) is 6.51. The van der Waals surface area contributed by atoms with E-state index >= 15 is 0 Å². The summed E-state index contributed by atoms with van der Waals surface area (Å²) in [4.78, 5) is 0. The van der Waals surface area contributed by atoms with Crippen LogP contribution in [0.15, 0.2) is 72.8 Å². The molecule has 2 N–H and O–H groups in total. The molecule has 0 aliphatic heterocycles. The molecule has 21 heteroatoms. The fourth-order valence-corrected chi connectivity index (χ4v) is 6.87. The van der Waals surface area contributed by atoms with Gasteiger partial charge >= 0.3 is 0 Å². The van der Waals surface area contributed by atoms with Crippen LogP contribution in [-0.2, 0) is 89.9 Å². The van der Waals surface area contributed by atoms with E-state index in [4.69, 9.17) is 90.0 Å². The van der Waals surface area contributed by atoms with Crippen molar-refractivity contribution in [3.63, 3.8) is 0 Å². The zero-order valence-electron chi connectivity index (χ0n) is 46.1. The van der Waals surface area contributed by atoms with Crippen molar-refractivity contribution in [3.8, 4) is 40.2 Å². The molecule has 21 nitrogen and oxygen atoms in total. The zero-order valence-corrected chi connectivity index (χ0v) is 46.1. The van der Waals surface area contributed by atoms with Gasteiger partial charge in [-0.1, -0.05) is 6.07 Å². The van der Waals surface area contributed by atoms with Crippen molar-refractivity contribution in [2.45, 2.75) is 33.0 Å². The van der Waals surface area contributed by atoms with Crippen LogP contribution in [-0.4, -0.2) is 197 Å². The number of hydrogen-bond acceptors (Lipinski definition) is 21. The molecule has 0 amide bonds. The third-order valence-corrected chi connectivity index (χ3v) is 10.6. The second-order valence-electron chi connectivity index (χ2n) is 16.9. The van der Waals surface area contributed by atoms with Gasteiger partial charge in [-0.05, 0) is 76.3 Å². The Labute approximate surface area is 459 Å². The molecule has 438 valence electrons. The second-order valence-corrected chi connectivity index (χ2v) is 16.9. The molecular formula is C57H84O21. The van der Waals surface area contributed by atoms with Gasteiger partial charge in [0.15, 0.2) is 0 Å². The Morgan fingerprint density at radius 1 is 0.218 bits per heavy atom. The van der Waals surface area contributed by atoms with Crippen LogP contribution < -0.4 is 33.2 Å². The first-order chi connectivity index (χ1) is 38.4. The van der Waals surface area contributed by atoms with E-state index in [1.165, 1.54) is 0 Å². The van der Waals surface area contributed by atoms with Crippen molar-refractivity contribution in [1.29, 1.82) is 0 Å². The lowest BCUT2D eigenvalue weighted by Gasteiger charge is -2.16. The molecule has 0 spiro atoms. The Balaban J connectivity index is 1.50. The third-order valence-electron chi connectivity index (χ3n) is 10.6. The molecule has 0 unspecified atom stereocenters. The molecule has 0 fully saturated rings. The minimum atomic E-state index is -0.209. The average molecular weight is 1110 g/mol. The largest absolute Gasteiger partial charge is 0.491 e. The Bertz CT molecular complexity index is 1890. The van der Waals surface area contributed by atoms with Crippen LogP contribution >= 0.6 is 0 Å². The summed E-state index contributed by atoms with van der Waals surface area (Å²) in [6.45, 7) is 10.1. The van der Waals surface area contributed by atoms with Crippen LogP contribution in [0.4, 0.5) is 0 Å². The quantitative estimate of drug-likeness (QED) is 0.0512. The summed E-state index contributed by atoms with van der Waals surface area (Å²) >= 11 is 0. The van der Waals surface area contributed by atoms with Crippen LogP contribution in [0.25, 0.3) is 0 Å². The van der Waals surface area contributed by atoms with E-state index in [0.29, 0.717) is 210 Å². The first kappa shape index (κ1) is 65.4. The third kappa shape index (κ3) is 30.9. The van der Waals surface area contributed by atoms with Crippen molar-refractivity contribution < 1.29 is 100 Å². The highest BCUT2D eigenvalue weighted by Gasteiger charge is 2.12. The highest BCUT2D eigenvalue weighted by Crippen LogP contribution is 2.30. The van der Waals surface area contributed by atoms with Crippen molar-refractivity contribution in [1.82, 2.24) is 0 Å². The Morgan fingerprint density at radius 2 is 0.410 bits per heavy atom. The van der Waals surface area contributed by atoms with Crippen molar-refractivity contribution >= 4 is 0 Å². The van der Waals surface area contributed by atoms with Crippen LogP contribution in [0.1, 0.15) is 27.8 Å². The van der Waals surface area contributed by atoms with Gasteiger partial charge in [-0.25, -0.2) is 0 Å². The summed E-state index contributed by atoms with van der Waals surface area (Å²) in [6, 6.07) is 21.9. The van der Waals surface area contributed by atoms with Gasteiger partial charge in [0.25, 0.3) is 0 Å². The summed E-state index contributed by atoms with van der Waals surface area (Å²) in [6.07, 6.45) is 0. The molecule has 0 aliphatic carbocycles. The van der Waals surface area contributed by atoms with Gasteiger partial charge in [0.05, 0.1) is 145 Å². The number of ether oxygens (including phenoxy) is 19. The van der Waals surface area contributed by atoms with Crippen molar-refractivity contribution in [3.05, 3.63) is 101 Å². The maximum absolute atomic E-state index is 9.88. The predicted octanol–water partition coefficient (Wildman–Crippen LogP) is 5.64. The smallest absolute Gasteiger partial charge is 0.123 e. The standard InChI is InChI=1S/C57H84O21/c1-60-5-9-64-13-17-68-21-25-72-52-32-48(33-53(38-52)73-26-22-69-18-14-65-10-6-61-2)44-77-56-36-50(43-76-51-30-46(41-58)29-47(31-51)42-59)37-57(40-56)78-45-49-34-54(74-27-23-70-19-15-66-11-7-62-3)39-55(35-49)75-28-24-71-20-16-67-12-8-63-4/h29-40,58-59H,5-28,41-45H2,1-4H3. The SMILES string of the molecule is COCCOCCOCCOc1cc(COc2cc(COc3cc(CO)cc(CO)c3)cc(OCc3cc(OCCOCCOCCOC)cc(OCCOCCOCCOC)c3)c2)cc(OCCOCCOCCOC)c1. The predicted molar refractivity (Wildman–Crippen MR) is 287 cm³/mol. The lowest BCUT2D eigenvalue weighted by Crippen LogP contribution is -2.13. The van der Waals surface area contributed by atoms with Crippen LogP contribution in [0.5, 0.6) is 40.2 Å². The highest BCUT2D eigenvalue weighted by molar-refractivity contribution is 5.42. The van der Waals surface area contributed by atoms with Gasteiger partial charge in [-0.2, -0.15) is 0 Å². The molecular weight excluding hydrogens is 1020 g/mol. The molecule has 0 saturated heterocycles. The molecule has 0 bridgehead atoms. The lowest BCUT2D eigenvalue weighted by atomic mass is 10.1. The molecule has 4 aromatic rings. The molecule has 4 rings (SSSR count). The van der Waals surface area contributed by atoms with Crippen LogP contribution in [0.3, 0.4) is 0 Å². The van der Waals surface area contributed by atoms with E-state index in [0.717, 1.165) is 16.7 Å². The molecule has 78 heavy (non-hydrogen) atoms. The number of aliphatic hydroxyl groups is 2. The molecule has 0 aromatic heterocycles. The zero-order chi connectivity index (χ0) is 55.4. The van der Waals surface area contributed by atoms with E-state index in [9.17, 15) is 10.2 Å². The molecule has 0 aliphatic rings. The number of aliphatic hydroxyl groups excluding tert-OH is 2. The van der Waals surface area contributed by atoms with Crippen molar-refractivity contribution in [2.75, 3.05) is 187 Å². The Morgan fingerprint density at radius 3 is 0.641 bits per heavy atom. The molecule has 0 atom stereocenters. The number of rotatable bonds is 51. The Kier molecular flexibility index (Phi) is 36.7. The minimum Gasteiger partial charge on any atom is -0.491 e. The first-order valence-electron chi connectivity index (χ1n) is 26.2. The molecule has 0 radical (unpaired) electrons. The van der Waals surface area contributed by atoms with Gasteiger partial charge in [-0.3, -0.25) is 0 Å². The van der Waals surface area contributed by atoms with E-state index in [-0.39, 0.29) is 33.0 Å². The second kappa shape index (κ2) is 43.8. The fraction of sp³-hybridized carbons (Fsp3) is 0.579. The number of methoxy groups -OCH3 is 4. The summed E-state index contributed by atoms with van der Waals surface area (Å²) in [5, 5.41) is 19.8. The van der Waals surface area contributed by atoms with E-state index in [1.807, 2.05) is 48.5 Å². The summed E-state index contributed by atoms with van der Waals surface area (Å²) < 4.78 is 109. The van der Waals surface area contributed by atoms with E-state index in [1.54, 1.807) is 52.7 Å². The first-order valence-corrected chi connectivity index (χ1v) is 26.2. The number of benzene rings is 4. The summed E-state index contributed by atoms with van der Waals surface area (Å²) in [5.74, 6) is 3.75.